The van der Waals surface area contributed by atoms with Crippen LogP contribution in [0.3, 0.4) is 0 Å². The molecule has 1 aromatic heterocycles. The number of amides is 1. The van der Waals surface area contributed by atoms with Gasteiger partial charge in [-0.2, -0.15) is 0 Å². The van der Waals surface area contributed by atoms with Gasteiger partial charge in [-0.25, -0.2) is 13.4 Å². The van der Waals surface area contributed by atoms with Gasteiger partial charge in [0.25, 0.3) is 5.91 Å². The molecule has 0 atom stereocenters. The molecule has 0 fully saturated rings. The Kier molecular flexibility index (Phi) is 4.43. The van der Waals surface area contributed by atoms with Crippen molar-refractivity contribution in [1.29, 1.82) is 0 Å². The number of carbonyl (C=O) groups is 1. The van der Waals surface area contributed by atoms with Crippen LogP contribution in [0.4, 0.5) is 5.69 Å². The topological polar surface area (TPSA) is 76.1 Å². The van der Waals surface area contributed by atoms with E-state index in [1.165, 1.54) is 18.3 Å². The van der Waals surface area contributed by atoms with E-state index in [0.717, 1.165) is 16.3 Å². The number of hydrogen-bond acceptors (Lipinski definition) is 4. The monoisotopic (exact) mass is 368 g/mol. The van der Waals surface area contributed by atoms with Crippen molar-refractivity contribution in [1.82, 2.24) is 4.98 Å². The van der Waals surface area contributed by atoms with Crippen molar-refractivity contribution in [2.45, 2.75) is 11.8 Å². The largest absolute Gasteiger partial charge is 0.320 e. The van der Waals surface area contributed by atoms with Gasteiger partial charge in [0.15, 0.2) is 9.84 Å². The number of aromatic nitrogens is 1. The average Bonchev–Trinajstić information content (AvgIpc) is 2.40. The number of pyridine rings is 1. The Morgan fingerprint density at radius 3 is 2.52 bits per heavy atom. The first kappa shape index (κ1) is 15.7. The number of nitrogens with one attached hydrogen (secondary N) is 1. The van der Waals surface area contributed by atoms with E-state index in [2.05, 4.69) is 26.2 Å². The minimum Gasteiger partial charge on any atom is -0.320 e. The van der Waals surface area contributed by atoms with Gasteiger partial charge in [-0.15, -0.1) is 0 Å². The summed E-state index contributed by atoms with van der Waals surface area (Å²) in [7, 11) is -3.32. The Balaban J connectivity index is 2.31. The molecule has 0 aliphatic rings. The molecular weight excluding hydrogens is 356 g/mol. The van der Waals surface area contributed by atoms with Gasteiger partial charge in [-0.3, -0.25) is 4.79 Å². The van der Waals surface area contributed by atoms with Crippen molar-refractivity contribution in [3.63, 3.8) is 0 Å². The first-order valence-electron chi connectivity index (χ1n) is 6.01. The fourth-order valence-electron chi connectivity index (χ4n) is 1.66. The van der Waals surface area contributed by atoms with Gasteiger partial charge < -0.3 is 5.32 Å². The summed E-state index contributed by atoms with van der Waals surface area (Å²) in [5, 5.41) is 2.68. The first-order valence-corrected chi connectivity index (χ1v) is 8.69. The number of anilines is 1. The third kappa shape index (κ3) is 3.89. The summed E-state index contributed by atoms with van der Waals surface area (Å²) in [6.45, 7) is 1.79. The molecule has 0 unspecified atom stereocenters. The molecule has 0 radical (unpaired) electrons. The summed E-state index contributed by atoms with van der Waals surface area (Å²) >= 11 is 3.24. The van der Waals surface area contributed by atoms with E-state index < -0.39 is 15.7 Å². The molecule has 7 heteroatoms. The maximum Gasteiger partial charge on any atom is 0.274 e. The van der Waals surface area contributed by atoms with Gasteiger partial charge in [0.1, 0.15) is 5.69 Å². The molecule has 0 bridgehead atoms. The van der Waals surface area contributed by atoms with Crippen molar-refractivity contribution >= 4 is 37.4 Å². The summed E-state index contributed by atoms with van der Waals surface area (Å²) < 4.78 is 23.9. The van der Waals surface area contributed by atoms with Gasteiger partial charge >= 0.3 is 0 Å². The van der Waals surface area contributed by atoms with Crippen molar-refractivity contribution in [3.05, 3.63) is 52.3 Å². The number of benzene rings is 1. The van der Waals surface area contributed by atoms with Crippen LogP contribution in [-0.4, -0.2) is 25.6 Å². The van der Waals surface area contributed by atoms with Crippen LogP contribution in [0.2, 0.25) is 0 Å². The summed E-state index contributed by atoms with van der Waals surface area (Å²) in [6, 6.07) is 7.90. The molecule has 1 aromatic carbocycles. The van der Waals surface area contributed by atoms with Gasteiger partial charge in [0, 0.05) is 22.6 Å². The summed E-state index contributed by atoms with van der Waals surface area (Å²) in [5.74, 6) is -0.392. The Labute approximate surface area is 131 Å². The highest BCUT2D eigenvalue weighted by atomic mass is 79.9. The van der Waals surface area contributed by atoms with Crippen molar-refractivity contribution in [2.75, 3.05) is 11.6 Å². The Bertz CT molecular complexity index is 786. The van der Waals surface area contributed by atoms with Gasteiger partial charge in [0.2, 0.25) is 0 Å². The smallest absolute Gasteiger partial charge is 0.274 e. The van der Waals surface area contributed by atoms with Crippen molar-refractivity contribution < 1.29 is 13.2 Å². The molecule has 1 N–H and O–H groups in total. The third-order valence-corrected chi connectivity index (χ3v) is 4.42. The Morgan fingerprint density at radius 1 is 1.24 bits per heavy atom. The lowest BCUT2D eigenvalue weighted by atomic mass is 10.2. The van der Waals surface area contributed by atoms with E-state index in [1.54, 1.807) is 25.1 Å². The lowest BCUT2D eigenvalue weighted by Gasteiger charge is -2.09. The van der Waals surface area contributed by atoms with Crippen LogP contribution in [0.15, 0.2) is 45.9 Å². The molecule has 0 spiro atoms. The molecule has 0 aliphatic carbocycles. The van der Waals surface area contributed by atoms with Gasteiger partial charge in [-0.05, 0) is 52.7 Å². The SMILES string of the molecule is Cc1ccc(S(C)(=O)=O)cc1NC(=O)c1ccc(Br)cn1. The zero-order valence-corrected chi connectivity index (χ0v) is 13.8. The highest BCUT2D eigenvalue weighted by molar-refractivity contribution is 9.10. The van der Waals surface area contributed by atoms with E-state index >= 15 is 0 Å². The number of nitrogens with zero attached hydrogens (tertiary/aromatic N) is 1. The average molecular weight is 369 g/mol. The van der Waals surface area contributed by atoms with Crippen LogP contribution in [-0.2, 0) is 9.84 Å². The molecular formula is C14H13BrN2O3S. The minimum atomic E-state index is -3.32. The van der Waals surface area contributed by atoms with Gasteiger partial charge in [0.05, 0.1) is 4.90 Å². The summed E-state index contributed by atoms with van der Waals surface area (Å²) in [6.07, 6.45) is 2.65. The van der Waals surface area contributed by atoms with E-state index in [9.17, 15) is 13.2 Å². The van der Waals surface area contributed by atoms with Crippen molar-refractivity contribution in [3.8, 4) is 0 Å². The Morgan fingerprint density at radius 2 is 1.95 bits per heavy atom. The van der Waals surface area contributed by atoms with Crippen LogP contribution in [0.1, 0.15) is 16.1 Å². The second-order valence-corrected chi connectivity index (χ2v) is 7.50. The predicted molar refractivity (Wildman–Crippen MR) is 84.2 cm³/mol. The summed E-state index contributed by atoms with van der Waals surface area (Å²) in [5.41, 5.74) is 1.47. The van der Waals surface area contributed by atoms with Crippen LogP contribution >= 0.6 is 15.9 Å². The maximum atomic E-state index is 12.1. The fourth-order valence-corrected chi connectivity index (χ4v) is 2.54. The van der Waals surface area contributed by atoms with Gasteiger partial charge in [-0.1, -0.05) is 6.07 Å². The molecule has 2 rings (SSSR count). The van der Waals surface area contributed by atoms with Crippen LogP contribution in [0.25, 0.3) is 0 Å². The molecule has 1 amide bonds. The second kappa shape index (κ2) is 5.95. The van der Waals surface area contributed by atoms with Crippen molar-refractivity contribution in [2.24, 2.45) is 0 Å². The standard InChI is InChI=1S/C14H13BrN2O3S/c1-9-3-5-11(21(2,19)20)7-13(9)17-14(18)12-6-4-10(15)8-16-12/h3-8H,1-2H3,(H,17,18). The number of hydrogen-bond donors (Lipinski definition) is 1. The molecule has 0 saturated heterocycles. The summed E-state index contributed by atoms with van der Waals surface area (Å²) in [4.78, 5) is 16.3. The lowest BCUT2D eigenvalue weighted by Crippen LogP contribution is -2.14. The number of sulfone groups is 1. The molecule has 21 heavy (non-hydrogen) atoms. The number of rotatable bonds is 3. The third-order valence-electron chi connectivity index (χ3n) is 2.85. The van der Waals surface area contributed by atoms with E-state index in [-0.39, 0.29) is 10.6 Å². The molecule has 2 aromatic rings. The molecule has 110 valence electrons. The second-order valence-electron chi connectivity index (χ2n) is 4.56. The zero-order valence-electron chi connectivity index (χ0n) is 11.4. The van der Waals surface area contributed by atoms with Crippen LogP contribution in [0.5, 0.6) is 0 Å². The van der Waals surface area contributed by atoms with E-state index in [1.807, 2.05) is 0 Å². The minimum absolute atomic E-state index is 0.159. The quantitative estimate of drug-likeness (QED) is 0.903. The zero-order chi connectivity index (χ0) is 15.6. The number of carbonyl (C=O) groups excluding carboxylic acids is 1. The maximum absolute atomic E-state index is 12.1. The predicted octanol–water partition coefficient (Wildman–Crippen LogP) is 2.81. The van der Waals surface area contributed by atoms with Crippen LogP contribution < -0.4 is 5.32 Å². The first-order chi connectivity index (χ1) is 9.77. The lowest BCUT2D eigenvalue weighted by molar-refractivity contribution is 0.102. The highest BCUT2D eigenvalue weighted by Crippen LogP contribution is 2.21. The molecule has 1 heterocycles. The van der Waals surface area contributed by atoms with E-state index in [0.29, 0.717) is 5.69 Å². The Hall–Kier alpha value is -1.73. The normalized spacial score (nSPS) is 11.2. The van der Waals surface area contributed by atoms with E-state index in [4.69, 9.17) is 0 Å². The molecule has 0 saturated carbocycles. The highest BCUT2D eigenvalue weighted by Gasteiger charge is 2.13. The number of halogens is 1. The fraction of sp³-hybridized carbons (Fsp3) is 0.143. The molecule has 0 aliphatic heterocycles. The molecule has 5 nitrogen and oxygen atoms in total. The number of aryl methyl sites for hydroxylation is 1. The van der Waals surface area contributed by atoms with Crippen LogP contribution in [0, 0.1) is 6.92 Å².